The van der Waals surface area contributed by atoms with Gasteiger partial charge in [-0.1, -0.05) is 35.5 Å². The van der Waals surface area contributed by atoms with Gasteiger partial charge in [-0.3, -0.25) is 14.4 Å². The number of hydroxylamine groups is 2. The summed E-state index contributed by atoms with van der Waals surface area (Å²) >= 11 is 2.16. The third-order valence-electron chi connectivity index (χ3n) is 10.5. The molecule has 4 aromatic rings. The first-order valence-electron chi connectivity index (χ1n) is 19.5. The van der Waals surface area contributed by atoms with Crippen LogP contribution in [0.2, 0.25) is 0 Å². The van der Waals surface area contributed by atoms with Crippen molar-refractivity contribution in [2.75, 3.05) is 38.1 Å². The SMILES string of the molecule is CCN(CC)c1ccc2c(-c3ccccc3C(=O)N(C)Cc3nnn(Cc4cccc(C(=O)ON5C(=O)CCC5=O)c4)c3[125I])c3ccc(=[N+](CC)CC)cc-3oc2c1. The molecule has 0 bridgehead atoms. The lowest BCUT2D eigenvalue weighted by Crippen LogP contribution is -2.32. The lowest BCUT2D eigenvalue weighted by Gasteiger charge is -2.23. The van der Waals surface area contributed by atoms with Crippen molar-refractivity contribution in [1.29, 1.82) is 0 Å². The van der Waals surface area contributed by atoms with Gasteiger partial charge >= 0.3 is 5.97 Å². The molecule has 0 radical (unpaired) electrons. The van der Waals surface area contributed by atoms with E-state index in [2.05, 4.69) is 106 Å². The van der Waals surface area contributed by atoms with Gasteiger partial charge in [0.2, 0.25) is 5.36 Å². The van der Waals surface area contributed by atoms with E-state index in [0.717, 1.165) is 79.9 Å². The molecule has 298 valence electrons. The number of nitrogens with zero attached hydrogens (tertiary/aromatic N) is 7. The fraction of sp³-hybridized carbons (Fsp3) is 0.295. The van der Waals surface area contributed by atoms with Crippen molar-refractivity contribution in [2.24, 2.45) is 0 Å². The molecule has 2 aliphatic heterocycles. The molecule has 1 aliphatic carbocycles. The van der Waals surface area contributed by atoms with Gasteiger partial charge in [-0.2, -0.15) is 0 Å². The van der Waals surface area contributed by atoms with E-state index in [-0.39, 0.29) is 37.4 Å². The molecule has 1 fully saturated rings. The minimum atomic E-state index is -0.806. The Morgan fingerprint density at radius 3 is 2.34 bits per heavy atom. The number of imide groups is 1. The molecule has 3 amide bonds. The van der Waals surface area contributed by atoms with E-state index in [4.69, 9.17) is 9.25 Å². The lowest BCUT2D eigenvalue weighted by atomic mass is 9.90. The van der Waals surface area contributed by atoms with Crippen LogP contribution in [-0.2, 0) is 27.5 Å². The van der Waals surface area contributed by atoms with E-state index in [1.54, 1.807) is 34.8 Å². The molecule has 0 spiro atoms. The molecular formula is C44H45IN7O6+. The maximum absolute atomic E-state index is 14.5. The molecule has 3 heterocycles. The first kappa shape index (κ1) is 40.3. The lowest BCUT2D eigenvalue weighted by molar-refractivity contribution is -0.172. The predicted octanol–water partition coefficient (Wildman–Crippen LogP) is 6.60. The summed E-state index contributed by atoms with van der Waals surface area (Å²) in [4.78, 5) is 60.2. The van der Waals surface area contributed by atoms with Crippen molar-refractivity contribution < 1.29 is 28.4 Å². The second kappa shape index (κ2) is 17.3. The number of aromatic nitrogens is 3. The number of carbonyl (C=O) groups excluding carboxylic acids is 4. The molecule has 0 atom stereocenters. The summed E-state index contributed by atoms with van der Waals surface area (Å²) in [6.45, 7) is 12.5. The standard InChI is InChI=1S/C44H45IN7O6/c1-6-49(7-2)30-17-19-34-37(24-30)57-38-25-31(50(8-3)9-4)18-20-35(38)41(34)32-15-10-11-16-33(32)43(55)48(5)27-36-42(45)51(47-46-36)26-28-13-12-14-29(23-28)44(56)58-52-39(53)21-22-40(52)54/h10-20,23-25H,6-9,21-22,26-27H2,1-5H3/q+1/i45-2. The monoisotopic (exact) mass is 892 g/mol. The predicted molar refractivity (Wildman–Crippen MR) is 229 cm³/mol. The van der Waals surface area contributed by atoms with Crippen LogP contribution in [0.3, 0.4) is 0 Å². The number of anilines is 1. The van der Waals surface area contributed by atoms with Gasteiger partial charge < -0.3 is 19.1 Å². The maximum Gasteiger partial charge on any atom is 0.363 e. The molecule has 3 aromatic carbocycles. The third kappa shape index (κ3) is 7.97. The van der Waals surface area contributed by atoms with Crippen LogP contribution in [0, 0.1) is 3.70 Å². The highest BCUT2D eigenvalue weighted by Gasteiger charge is 2.33. The minimum Gasteiger partial charge on any atom is -0.456 e. The zero-order valence-electron chi connectivity index (χ0n) is 33.2. The number of halogens is 1. The first-order chi connectivity index (χ1) is 28.0. The topological polar surface area (TPSA) is 134 Å². The van der Waals surface area contributed by atoms with Crippen LogP contribution >= 0.6 is 22.6 Å². The van der Waals surface area contributed by atoms with E-state index in [9.17, 15) is 19.2 Å². The number of rotatable bonds is 13. The molecule has 13 nitrogen and oxygen atoms in total. The smallest absolute Gasteiger partial charge is 0.363 e. The van der Waals surface area contributed by atoms with E-state index < -0.39 is 17.8 Å². The molecular weight excluding hydrogens is 847 g/mol. The van der Waals surface area contributed by atoms with E-state index in [1.807, 2.05) is 30.3 Å². The molecule has 0 N–H and O–H groups in total. The van der Waals surface area contributed by atoms with Gasteiger partial charge in [-0.05, 0) is 97.8 Å². The van der Waals surface area contributed by atoms with Crippen molar-refractivity contribution in [3.63, 3.8) is 0 Å². The normalized spacial score (nSPS) is 12.8. The fourth-order valence-corrected chi connectivity index (χ4v) is 7.96. The van der Waals surface area contributed by atoms with Gasteiger partial charge in [-0.25, -0.2) is 14.1 Å². The molecule has 1 saturated heterocycles. The van der Waals surface area contributed by atoms with Crippen molar-refractivity contribution in [3.8, 4) is 22.5 Å². The van der Waals surface area contributed by atoms with E-state index in [0.29, 0.717) is 16.3 Å². The van der Waals surface area contributed by atoms with Crippen LogP contribution in [0.1, 0.15) is 72.5 Å². The zero-order chi connectivity index (χ0) is 41.1. The zero-order valence-corrected chi connectivity index (χ0v) is 35.4. The van der Waals surface area contributed by atoms with Gasteiger partial charge in [0.1, 0.15) is 33.8 Å². The first-order valence-corrected chi connectivity index (χ1v) is 20.6. The summed E-state index contributed by atoms with van der Waals surface area (Å²) in [5, 5.41) is 11.3. The van der Waals surface area contributed by atoms with Gasteiger partial charge in [0, 0.05) is 72.9 Å². The largest absolute Gasteiger partial charge is 0.456 e. The summed E-state index contributed by atoms with van der Waals surface area (Å²) in [6, 6.07) is 27.0. The quantitative estimate of drug-likeness (QED) is 0.0545. The van der Waals surface area contributed by atoms with Crippen LogP contribution in [0.5, 0.6) is 0 Å². The van der Waals surface area contributed by atoms with Crippen LogP contribution < -0.4 is 14.8 Å². The number of fused-ring (bicyclic) bond motifs is 2. The summed E-state index contributed by atoms with van der Waals surface area (Å²) in [7, 11) is 1.75. The van der Waals surface area contributed by atoms with Crippen molar-refractivity contribution in [1.82, 2.24) is 29.5 Å². The second-order valence-electron chi connectivity index (χ2n) is 14.0. The maximum atomic E-state index is 14.5. The highest BCUT2D eigenvalue weighted by molar-refractivity contribution is 14.1. The molecule has 1 aromatic heterocycles. The molecule has 3 aliphatic rings. The number of benzene rings is 4. The number of carbonyl (C=O) groups is 4. The Balaban J connectivity index is 1.18. The van der Waals surface area contributed by atoms with Crippen molar-refractivity contribution >= 4 is 62.9 Å². The fourth-order valence-electron chi connectivity index (χ4n) is 7.42. The summed E-state index contributed by atoms with van der Waals surface area (Å²) in [6.07, 6.45) is 0.0292. The highest BCUT2D eigenvalue weighted by atomic mass is 125. The van der Waals surface area contributed by atoms with Crippen LogP contribution in [0.25, 0.3) is 33.4 Å². The van der Waals surface area contributed by atoms with Crippen LogP contribution in [-0.4, -0.2) is 81.9 Å². The van der Waals surface area contributed by atoms with Gasteiger partial charge in [-0.15, -0.1) is 10.2 Å². The van der Waals surface area contributed by atoms with Crippen molar-refractivity contribution in [2.45, 2.75) is 53.6 Å². The van der Waals surface area contributed by atoms with Crippen molar-refractivity contribution in [3.05, 3.63) is 116 Å². The average molecular weight is 893 g/mol. The number of hydrogen-bond acceptors (Lipinski definition) is 9. The minimum absolute atomic E-state index is 0.0146. The Morgan fingerprint density at radius 2 is 1.62 bits per heavy atom. The Bertz CT molecular complexity index is 2570. The Hall–Kier alpha value is -5.90. The summed E-state index contributed by atoms with van der Waals surface area (Å²) < 4.78 is 11.4. The second-order valence-corrected chi connectivity index (χ2v) is 15.1. The van der Waals surface area contributed by atoms with Gasteiger partial charge in [0.15, 0.2) is 0 Å². The van der Waals surface area contributed by atoms with Gasteiger partial charge in [0.25, 0.3) is 17.7 Å². The van der Waals surface area contributed by atoms with Gasteiger partial charge in [0.05, 0.1) is 24.7 Å². The molecule has 7 rings (SSSR count). The average Bonchev–Trinajstić information content (AvgIpc) is 3.74. The number of amides is 3. The summed E-state index contributed by atoms with van der Waals surface area (Å²) in [5.74, 6) is -1.33. The molecule has 0 unspecified atom stereocenters. The molecule has 0 saturated carbocycles. The Morgan fingerprint density at radius 1 is 0.879 bits per heavy atom. The third-order valence-corrected chi connectivity index (χ3v) is 11.7. The Kier molecular flexibility index (Phi) is 12.0. The highest BCUT2D eigenvalue weighted by Crippen LogP contribution is 2.42. The summed E-state index contributed by atoms with van der Waals surface area (Å²) in [5.41, 5.74) is 6.51. The van der Waals surface area contributed by atoms with E-state index in [1.165, 1.54) is 0 Å². The molecule has 58 heavy (non-hydrogen) atoms. The van der Waals surface area contributed by atoms with E-state index >= 15 is 0 Å². The Labute approximate surface area is 349 Å². The van der Waals surface area contributed by atoms with Crippen LogP contribution in [0.15, 0.2) is 89.3 Å². The van der Waals surface area contributed by atoms with Crippen LogP contribution in [0.4, 0.5) is 5.69 Å². The number of hydrogen-bond donors (Lipinski definition) is 0. The molecule has 14 heteroatoms.